The summed E-state index contributed by atoms with van der Waals surface area (Å²) in [5.74, 6) is -0.287. The van der Waals surface area contributed by atoms with Gasteiger partial charge in [0.15, 0.2) is 0 Å². The number of phenolic OH excluding ortho intramolecular Hbond substituents is 1. The summed E-state index contributed by atoms with van der Waals surface area (Å²) >= 11 is 0. The number of halogens is 9. The lowest BCUT2D eigenvalue weighted by Gasteiger charge is -2.35. The van der Waals surface area contributed by atoms with Gasteiger partial charge in [-0.05, 0) is 106 Å². The van der Waals surface area contributed by atoms with Crippen LogP contribution >= 0.6 is 54.0 Å². The Kier molecular flexibility index (Phi) is 25.7. The lowest BCUT2D eigenvalue weighted by Crippen LogP contribution is -2.42. The second-order valence-corrected chi connectivity index (χ2v) is 25.9. The number of carbonyl (C=O) groups is 2. The van der Waals surface area contributed by atoms with E-state index in [0.717, 1.165) is 52.6 Å². The normalized spacial score (nSPS) is 18.9. The lowest BCUT2D eigenvalue weighted by molar-refractivity contribution is -0.0586. The molecule has 2 aliphatic carbocycles. The molecule has 17 nitrogen and oxygen atoms in total. The van der Waals surface area contributed by atoms with Crippen LogP contribution in [0.5, 0.6) is 11.5 Å². The molecule has 0 radical (unpaired) electrons. The van der Waals surface area contributed by atoms with Crippen LogP contribution in [-0.2, 0) is 65.8 Å². The molecule has 510 valence electrons. The van der Waals surface area contributed by atoms with E-state index in [9.17, 15) is 79.5 Å². The molecule has 4 heterocycles. The van der Waals surface area contributed by atoms with Gasteiger partial charge < -0.3 is 38.0 Å². The molecule has 33 heteroatoms. The zero-order chi connectivity index (χ0) is 63.1. The molecule has 0 saturated carbocycles. The van der Waals surface area contributed by atoms with Crippen LogP contribution in [0, 0.1) is 0 Å². The number of rotatable bonds is 10. The number of benzene rings is 6. The summed E-state index contributed by atoms with van der Waals surface area (Å²) in [7, 11) is -19.6. The van der Waals surface area contributed by atoms with E-state index < -0.39 is 70.9 Å². The first kappa shape index (κ1) is 77.7. The maximum absolute atomic E-state index is 13.4. The summed E-state index contributed by atoms with van der Waals surface area (Å²) in [6.07, 6.45) is 1.98. The molecule has 0 aromatic heterocycles. The van der Waals surface area contributed by atoms with Gasteiger partial charge in [-0.15, -0.1) is 3.63 Å². The fourth-order valence-electron chi connectivity index (χ4n) is 12.1. The van der Waals surface area contributed by atoms with Crippen LogP contribution in [0.4, 0.5) is 49.1 Å². The van der Waals surface area contributed by atoms with Gasteiger partial charge in [-0.3, -0.25) is 0 Å². The summed E-state index contributed by atoms with van der Waals surface area (Å²) in [6, 6.07) is 41.9. The lowest BCUT2D eigenvalue weighted by atomic mass is 9.91. The molecule has 0 spiro atoms. The van der Waals surface area contributed by atoms with Crippen LogP contribution < -0.4 is 4.18 Å². The molecule has 4 atom stereocenters. The Balaban J connectivity index is 0.000000269. The van der Waals surface area contributed by atoms with E-state index in [1.165, 1.54) is 39.3 Å². The van der Waals surface area contributed by atoms with Gasteiger partial charge >= 0.3 is 59.1 Å². The van der Waals surface area contributed by atoms with Crippen molar-refractivity contribution in [3.05, 3.63) is 178 Å². The molecule has 2 fully saturated rings. The standard InChI is InChI=1S/C29H26F3NO6S.C28H27NO4.C2F6O5S2.CH4.4H2S/c30-29(31,32)40(35,36)39-25-13-5-7-18-14-16-37-27(26(18)25)24-12-6-15-33(24)28(34)38-17-23-21-10-3-1-8-19(21)20-9-2-4-11-22(20)23;30-25-13-5-7-18-14-16-32-27(26(18)25)24-12-6-15-29(24)28(31)33-17-23-21-10-3-1-8-19(21)20-9-2-4-11-22(20)23;3-1(4,5)14(9,10)13-15(11,12)2(6,7)8;;;;;/h1-5,7-11,13,23-24,27H,6,12,14-17H2;1-5,7-11,13,23-24,27,30H,6,12,14-17H2;;1H4;4*1H2/t2*24-,27+;;;;;;/m00....../s1. The maximum Gasteiger partial charge on any atom is 0.534 e. The van der Waals surface area contributed by atoms with Crippen LogP contribution in [0.3, 0.4) is 0 Å². The largest absolute Gasteiger partial charge is 0.534 e. The highest BCUT2D eigenvalue weighted by molar-refractivity contribution is 8.00. The summed E-state index contributed by atoms with van der Waals surface area (Å²) in [5, 5.41) is 10.5. The minimum atomic E-state index is -6.85. The molecule has 6 aromatic rings. The second kappa shape index (κ2) is 30.8. The van der Waals surface area contributed by atoms with Crippen molar-refractivity contribution in [1.82, 2.24) is 9.80 Å². The number of hydrogen-bond acceptors (Lipinski definition) is 15. The first-order valence-electron chi connectivity index (χ1n) is 27.3. The van der Waals surface area contributed by atoms with Gasteiger partial charge in [-0.1, -0.05) is 129 Å². The molecule has 0 bridgehead atoms. The third kappa shape index (κ3) is 16.1. The summed E-state index contributed by atoms with van der Waals surface area (Å²) in [5.41, 5.74) is -6.13. The fourth-order valence-corrected chi connectivity index (χ4v) is 14.1. The van der Waals surface area contributed by atoms with Crippen molar-refractivity contribution in [1.29, 1.82) is 0 Å². The zero-order valence-electron chi connectivity index (χ0n) is 47.8. The molecule has 6 aromatic carbocycles. The van der Waals surface area contributed by atoms with Gasteiger partial charge in [0, 0.05) is 36.1 Å². The number of phenols is 1. The van der Waals surface area contributed by atoms with Crippen molar-refractivity contribution in [2.75, 3.05) is 39.5 Å². The van der Waals surface area contributed by atoms with Gasteiger partial charge in [0.1, 0.15) is 36.9 Å². The van der Waals surface area contributed by atoms with Crippen LogP contribution in [0.15, 0.2) is 133 Å². The third-order valence-corrected chi connectivity index (χ3v) is 19.4. The van der Waals surface area contributed by atoms with Gasteiger partial charge in [-0.25, -0.2) is 9.59 Å². The Morgan fingerprint density at radius 1 is 0.484 bits per heavy atom. The van der Waals surface area contributed by atoms with Gasteiger partial charge in [0.05, 0.1) is 25.3 Å². The number of alkyl halides is 9. The number of fused-ring (bicyclic) bond motifs is 8. The van der Waals surface area contributed by atoms with Crippen LogP contribution in [0.25, 0.3) is 22.3 Å². The minimum Gasteiger partial charge on any atom is -0.508 e. The summed E-state index contributed by atoms with van der Waals surface area (Å²) < 4.78 is 201. The van der Waals surface area contributed by atoms with Crippen molar-refractivity contribution in [3.63, 3.8) is 0 Å². The smallest absolute Gasteiger partial charge is 0.508 e. The zero-order valence-corrected chi connectivity index (χ0v) is 54.3. The first-order valence-corrected chi connectivity index (χ1v) is 31.5. The Bertz CT molecular complexity index is 3850. The fraction of sp³-hybridized carbons (Fsp3) is 0.367. The molecule has 2 saturated heterocycles. The summed E-state index contributed by atoms with van der Waals surface area (Å²) in [6.45, 7) is 2.31. The number of ether oxygens (including phenoxy) is 4. The van der Waals surface area contributed by atoms with Crippen molar-refractivity contribution in [2.24, 2.45) is 0 Å². The molecule has 93 heavy (non-hydrogen) atoms. The van der Waals surface area contributed by atoms with Crippen molar-refractivity contribution >= 4 is 96.5 Å². The number of nitrogens with zero attached hydrogens (tertiary/aromatic N) is 2. The van der Waals surface area contributed by atoms with Gasteiger partial charge in [-0.2, -0.15) is 119 Å². The predicted octanol–water partition coefficient (Wildman–Crippen LogP) is 13.2. The monoisotopic (exact) mass is 1450 g/mol. The summed E-state index contributed by atoms with van der Waals surface area (Å²) in [4.78, 5) is 30.0. The Hall–Kier alpha value is -6.04. The van der Waals surface area contributed by atoms with Crippen LogP contribution in [0.1, 0.15) is 102 Å². The van der Waals surface area contributed by atoms with E-state index in [-0.39, 0.29) is 116 Å². The van der Waals surface area contributed by atoms with Crippen molar-refractivity contribution < 1.29 is 106 Å². The number of likely N-dealkylation sites (tertiary alicyclic amines) is 2. The van der Waals surface area contributed by atoms with Crippen molar-refractivity contribution in [2.45, 2.75) is 98.6 Å². The van der Waals surface area contributed by atoms with Gasteiger partial charge in [0.2, 0.25) is 0 Å². The molecule has 0 unspecified atom stereocenters. The minimum absolute atomic E-state index is 0. The molecule has 6 aliphatic rings. The van der Waals surface area contributed by atoms with E-state index in [1.54, 1.807) is 17.0 Å². The Morgan fingerprint density at radius 2 is 0.828 bits per heavy atom. The van der Waals surface area contributed by atoms with Crippen molar-refractivity contribution in [3.8, 4) is 33.8 Å². The highest BCUT2D eigenvalue weighted by Crippen LogP contribution is 2.48. The van der Waals surface area contributed by atoms with Crippen LogP contribution in [-0.4, -0.2) is 120 Å². The van der Waals surface area contributed by atoms with Crippen LogP contribution in [0.2, 0.25) is 0 Å². The molecule has 12 rings (SSSR count). The number of amides is 2. The second-order valence-electron chi connectivity index (χ2n) is 21.0. The molecule has 1 N–H and O–H groups in total. The Morgan fingerprint density at radius 3 is 1.20 bits per heavy atom. The van der Waals surface area contributed by atoms with E-state index >= 15 is 0 Å². The highest BCUT2D eigenvalue weighted by atomic mass is 32.3. The SMILES string of the molecule is C.O=C(OCC1c2ccccc2-c2ccccc21)N1CCC[C@H]1[C@H]1OCCc2cccc(O)c21.O=C(OCC1c2ccccc2-c2ccccc21)N1CCC[C@H]1[C@H]1OCCc2cccc(OS(=O)(=O)C(F)(F)F)c21.O=S(=O)(OS(=O)(=O)C(F)(F)F)C(F)(F)F.S.S.S.S. The predicted molar refractivity (Wildman–Crippen MR) is 344 cm³/mol. The number of aromatic hydroxyl groups is 1. The maximum atomic E-state index is 13.4. The van der Waals surface area contributed by atoms with E-state index in [4.69, 9.17) is 18.9 Å². The topological polar surface area (TPSA) is 219 Å². The highest BCUT2D eigenvalue weighted by Gasteiger charge is 2.58. The van der Waals surface area contributed by atoms with Gasteiger partial charge in [0.25, 0.3) is 0 Å². The molecule has 2 amide bonds. The quantitative estimate of drug-likeness (QED) is 0.0766. The van der Waals surface area contributed by atoms with E-state index in [0.29, 0.717) is 51.1 Å². The van der Waals surface area contributed by atoms with E-state index in [2.05, 4.69) is 40.6 Å². The number of carbonyl (C=O) groups excluding carboxylic acids is 2. The Labute approximate surface area is 559 Å². The molecular weight excluding hydrogens is 1380 g/mol. The molecule has 4 aliphatic heterocycles. The first-order chi connectivity index (χ1) is 41.6. The average Bonchev–Trinajstić information content (AvgIpc) is 1.78. The average molecular weight is 1450 g/mol. The van der Waals surface area contributed by atoms with E-state index in [1.807, 2.05) is 76.4 Å². The third-order valence-electron chi connectivity index (χ3n) is 15.9. The molecular formula is C60H65F9N2O15S7. The number of hydrogen-bond donors (Lipinski definition) is 1.